The van der Waals surface area contributed by atoms with E-state index in [0.29, 0.717) is 19.8 Å². The molecule has 0 saturated heterocycles. The van der Waals surface area contributed by atoms with Crippen molar-refractivity contribution in [3.05, 3.63) is 0 Å². The van der Waals surface area contributed by atoms with Crippen molar-refractivity contribution in [2.24, 2.45) is 0 Å². The molecular formula is C20H42O5. The molecule has 0 atom stereocenters. The molecule has 0 aromatic heterocycles. The Morgan fingerprint density at radius 3 is 1.88 bits per heavy atom. The summed E-state index contributed by atoms with van der Waals surface area (Å²) in [5, 5.41) is 0. The number of hydrogen-bond donors (Lipinski definition) is 0. The van der Waals surface area contributed by atoms with E-state index in [2.05, 4.69) is 6.92 Å². The van der Waals surface area contributed by atoms with E-state index in [9.17, 15) is 0 Å². The molecule has 0 N–H and O–H groups in total. The van der Waals surface area contributed by atoms with Crippen LogP contribution in [0.5, 0.6) is 0 Å². The van der Waals surface area contributed by atoms with E-state index in [-0.39, 0.29) is 13.1 Å². The maximum absolute atomic E-state index is 5.53. The first kappa shape index (κ1) is 24.8. The molecule has 0 aromatic rings. The molecule has 0 aliphatic carbocycles. The summed E-state index contributed by atoms with van der Waals surface area (Å²) in [4.78, 5) is 10.1. The van der Waals surface area contributed by atoms with Crippen LogP contribution in [0.3, 0.4) is 0 Å². The second-order valence-electron chi connectivity index (χ2n) is 6.28. The lowest BCUT2D eigenvalue weighted by molar-refractivity contribution is -0.336. The SMILES string of the molecule is CCCCCCCCOCOOCCCCCCC(OCC)OCC. The van der Waals surface area contributed by atoms with Gasteiger partial charge in [-0.25, -0.2) is 9.78 Å². The van der Waals surface area contributed by atoms with Crippen LogP contribution in [0, 0.1) is 0 Å². The first-order chi connectivity index (χ1) is 12.3. The smallest absolute Gasteiger partial charge is 0.180 e. The highest BCUT2D eigenvalue weighted by atomic mass is 17.2. The fourth-order valence-corrected chi connectivity index (χ4v) is 2.58. The second-order valence-corrected chi connectivity index (χ2v) is 6.28. The molecule has 0 spiro atoms. The Hall–Kier alpha value is -0.200. The van der Waals surface area contributed by atoms with Gasteiger partial charge in [-0.05, 0) is 39.5 Å². The number of rotatable bonds is 21. The lowest BCUT2D eigenvalue weighted by atomic mass is 10.1. The third-order valence-corrected chi connectivity index (χ3v) is 3.98. The summed E-state index contributed by atoms with van der Waals surface area (Å²) < 4.78 is 16.4. The summed E-state index contributed by atoms with van der Waals surface area (Å²) in [6.07, 6.45) is 13.0. The van der Waals surface area contributed by atoms with E-state index in [1.807, 2.05) is 13.8 Å². The molecule has 0 radical (unpaired) electrons. The Morgan fingerprint density at radius 2 is 1.20 bits per heavy atom. The Kier molecular flexibility index (Phi) is 21.7. The van der Waals surface area contributed by atoms with Crippen molar-refractivity contribution in [3.63, 3.8) is 0 Å². The van der Waals surface area contributed by atoms with Crippen molar-refractivity contribution < 1.29 is 24.0 Å². The summed E-state index contributed by atoms with van der Waals surface area (Å²) in [5.41, 5.74) is 0. The predicted octanol–water partition coefficient (Wildman–Crippen LogP) is 5.62. The van der Waals surface area contributed by atoms with Gasteiger partial charge in [0.15, 0.2) is 13.1 Å². The van der Waals surface area contributed by atoms with Gasteiger partial charge in [-0.2, -0.15) is 0 Å². The van der Waals surface area contributed by atoms with Gasteiger partial charge in [0, 0.05) is 19.8 Å². The molecule has 0 fully saturated rings. The van der Waals surface area contributed by atoms with Gasteiger partial charge in [0.2, 0.25) is 0 Å². The zero-order chi connectivity index (χ0) is 18.4. The van der Waals surface area contributed by atoms with Crippen molar-refractivity contribution in [2.45, 2.75) is 97.7 Å². The number of unbranched alkanes of at least 4 members (excludes halogenated alkanes) is 8. The lowest BCUT2D eigenvalue weighted by Crippen LogP contribution is -2.17. The predicted molar refractivity (Wildman–Crippen MR) is 101 cm³/mol. The van der Waals surface area contributed by atoms with Gasteiger partial charge < -0.3 is 14.2 Å². The van der Waals surface area contributed by atoms with E-state index < -0.39 is 0 Å². The molecule has 0 aromatic carbocycles. The molecule has 152 valence electrons. The third-order valence-electron chi connectivity index (χ3n) is 3.98. The molecule has 5 heteroatoms. The van der Waals surface area contributed by atoms with Crippen molar-refractivity contribution in [1.29, 1.82) is 0 Å². The monoisotopic (exact) mass is 362 g/mol. The molecule has 0 rings (SSSR count). The first-order valence-corrected chi connectivity index (χ1v) is 10.4. The number of hydrogen-bond acceptors (Lipinski definition) is 5. The maximum atomic E-state index is 5.53. The van der Waals surface area contributed by atoms with Gasteiger partial charge in [-0.3, -0.25) is 0 Å². The molecule has 0 unspecified atom stereocenters. The average molecular weight is 363 g/mol. The highest BCUT2D eigenvalue weighted by Crippen LogP contribution is 2.10. The molecule has 5 nitrogen and oxygen atoms in total. The summed E-state index contributed by atoms with van der Waals surface area (Å²) in [7, 11) is 0. The van der Waals surface area contributed by atoms with Crippen molar-refractivity contribution in [2.75, 3.05) is 33.2 Å². The van der Waals surface area contributed by atoms with Crippen LogP contribution in [-0.4, -0.2) is 39.5 Å². The van der Waals surface area contributed by atoms with Crippen LogP contribution in [0.4, 0.5) is 0 Å². The molecule has 0 bridgehead atoms. The van der Waals surface area contributed by atoms with Gasteiger partial charge in [-0.1, -0.05) is 51.9 Å². The number of ether oxygens (including phenoxy) is 3. The van der Waals surface area contributed by atoms with Crippen LogP contribution < -0.4 is 0 Å². The van der Waals surface area contributed by atoms with E-state index >= 15 is 0 Å². The molecule has 0 aliphatic heterocycles. The summed E-state index contributed by atoms with van der Waals surface area (Å²) in [6.45, 7) is 9.27. The van der Waals surface area contributed by atoms with Crippen molar-refractivity contribution in [3.8, 4) is 0 Å². The Morgan fingerprint density at radius 1 is 0.600 bits per heavy atom. The molecule has 25 heavy (non-hydrogen) atoms. The van der Waals surface area contributed by atoms with Crippen LogP contribution in [0.25, 0.3) is 0 Å². The van der Waals surface area contributed by atoms with Crippen LogP contribution >= 0.6 is 0 Å². The third kappa shape index (κ3) is 20.0. The van der Waals surface area contributed by atoms with Gasteiger partial charge in [0.1, 0.15) is 0 Å². The molecule has 0 aliphatic rings. The highest BCUT2D eigenvalue weighted by Gasteiger charge is 2.06. The minimum absolute atomic E-state index is 0.0432. The van der Waals surface area contributed by atoms with E-state index in [1.54, 1.807) is 0 Å². The normalized spacial score (nSPS) is 11.5. The van der Waals surface area contributed by atoms with Crippen LogP contribution in [0.1, 0.15) is 91.4 Å². The largest absolute Gasteiger partial charge is 0.353 e. The topological polar surface area (TPSA) is 46.2 Å². The zero-order valence-electron chi connectivity index (χ0n) is 16.9. The molecule has 0 saturated carbocycles. The fraction of sp³-hybridized carbons (Fsp3) is 1.00. The van der Waals surface area contributed by atoms with Crippen LogP contribution in [0.2, 0.25) is 0 Å². The van der Waals surface area contributed by atoms with E-state index in [1.165, 1.54) is 32.1 Å². The van der Waals surface area contributed by atoms with Gasteiger partial charge >= 0.3 is 0 Å². The summed E-state index contributed by atoms with van der Waals surface area (Å²) in [6, 6.07) is 0. The lowest BCUT2D eigenvalue weighted by Gasteiger charge is -2.16. The molecular weight excluding hydrogens is 320 g/mol. The van der Waals surface area contributed by atoms with E-state index in [4.69, 9.17) is 24.0 Å². The standard InChI is InChI=1S/C20H42O5/c1-4-7-8-9-11-14-17-21-19-25-24-18-15-12-10-13-16-20(22-5-2)23-6-3/h20H,4-19H2,1-3H3. The molecule has 0 heterocycles. The average Bonchev–Trinajstić information content (AvgIpc) is 2.61. The minimum atomic E-state index is -0.0432. The van der Waals surface area contributed by atoms with Gasteiger partial charge in [0.05, 0.1) is 6.61 Å². The van der Waals surface area contributed by atoms with E-state index in [0.717, 1.165) is 45.1 Å². The van der Waals surface area contributed by atoms with Gasteiger partial charge in [-0.15, -0.1) is 0 Å². The fourth-order valence-electron chi connectivity index (χ4n) is 2.58. The van der Waals surface area contributed by atoms with Crippen molar-refractivity contribution >= 4 is 0 Å². The van der Waals surface area contributed by atoms with Crippen LogP contribution in [0.15, 0.2) is 0 Å². The minimum Gasteiger partial charge on any atom is -0.353 e. The Labute approximate surface area is 155 Å². The highest BCUT2D eigenvalue weighted by molar-refractivity contribution is 4.48. The van der Waals surface area contributed by atoms with Crippen molar-refractivity contribution in [1.82, 2.24) is 0 Å². The second kappa shape index (κ2) is 21.8. The first-order valence-electron chi connectivity index (χ1n) is 10.4. The Balaban J connectivity index is 3.13. The summed E-state index contributed by atoms with van der Waals surface area (Å²) >= 11 is 0. The maximum Gasteiger partial charge on any atom is 0.180 e. The van der Waals surface area contributed by atoms with Gasteiger partial charge in [0.25, 0.3) is 0 Å². The Bertz CT molecular complexity index is 232. The quantitative estimate of drug-likeness (QED) is 0.115. The summed E-state index contributed by atoms with van der Waals surface area (Å²) in [5.74, 6) is 0. The zero-order valence-corrected chi connectivity index (χ0v) is 16.9. The van der Waals surface area contributed by atoms with Crippen LogP contribution in [-0.2, 0) is 24.0 Å². The molecule has 0 amide bonds.